The highest BCUT2D eigenvalue weighted by Crippen LogP contribution is 2.30. The average Bonchev–Trinajstić information content (AvgIpc) is 2.07. The van der Waals surface area contributed by atoms with Crippen molar-refractivity contribution in [2.45, 2.75) is 6.18 Å². The molecule has 1 heterocycles. The Kier molecular flexibility index (Phi) is 2.89. The van der Waals surface area contributed by atoms with E-state index < -0.39 is 27.9 Å². The lowest BCUT2D eigenvalue weighted by Crippen LogP contribution is -2.10. The SMILES string of the molecule is O=Cc1cc(C(F)(F)F)nc(Br)c1F. The summed E-state index contributed by atoms with van der Waals surface area (Å²) in [7, 11) is 0. The minimum atomic E-state index is -4.70. The van der Waals surface area contributed by atoms with Crippen molar-refractivity contribution in [1.29, 1.82) is 0 Å². The van der Waals surface area contributed by atoms with Crippen LogP contribution in [0.1, 0.15) is 16.1 Å². The van der Waals surface area contributed by atoms with E-state index >= 15 is 0 Å². The Morgan fingerprint density at radius 2 is 2.00 bits per heavy atom. The van der Waals surface area contributed by atoms with Crippen LogP contribution in [-0.4, -0.2) is 11.3 Å². The molecule has 1 aromatic rings. The highest BCUT2D eigenvalue weighted by Gasteiger charge is 2.34. The summed E-state index contributed by atoms with van der Waals surface area (Å²) >= 11 is 2.49. The van der Waals surface area contributed by atoms with Crippen LogP contribution in [-0.2, 0) is 6.18 Å². The van der Waals surface area contributed by atoms with Gasteiger partial charge in [-0.25, -0.2) is 9.37 Å². The lowest BCUT2D eigenvalue weighted by atomic mass is 10.2. The number of carbonyl (C=O) groups excluding carboxylic acids is 1. The first-order valence-corrected chi connectivity index (χ1v) is 4.04. The number of pyridine rings is 1. The summed E-state index contributed by atoms with van der Waals surface area (Å²) in [5, 5.41) is 0. The highest BCUT2D eigenvalue weighted by molar-refractivity contribution is 9.10. The molecule has 0 aromatic carbocycles. The van der Waals surface area contributed by atoms with E-state index in [4.69, 9.17) is 0 Å². The van der Waals surface area contributed by atoms with Gasteiger partial charge in [0.05, 0.1) is 5.56 Å². The number of hydrogen-bond donors (Lipinski definition) is 0. The highest BCUT2D eigenvalue weighted by atomic mass is 79.9. The lowest BCUT2D eigenvalue weighted by Gasteiger charge is -2.07. The van der Waals surface area contributed by atoms with E-state index in [2.05, 4.69) is 20.9 Å². The van der Waals surface area contributed by atoms with E-state index in [1.54, 1.807) is 0 Å². The fourth-order valence-corrected chi connectivity index (χ4v) is 1.17. The molecule has 0 amide bonds. The minimum absolute atomic E-state index is 0.00296. The Hall–Kier alpha value is -0.980. The summed E-state index contributed by atoms with van der Waals surface area (Å²) in [4.78, 5) is 13.1. The van der Waals surface area contributed by atoms with Gasteiger partial charge in [-0.3, -0.25) is 4.79 Å². The van der Waals surface area contributed by atoms with Crippen molar-refractivity contribution >= 4 is 22.2 Å². The second-order valence-electron chi connectivity index (χ2n) is 2.32. The van der Waals surface area contributed by atoms with Gasteiger partial charge in [0, 0.05) is 0 Å². The lowest BCUT2D eigenvalue weighted by molar-refractivity contribution is -0.141. The van der Waals surface area contributed by atoms with Crippen molar-refractivity contribution in [3.05, 3.63) is 27.7 Å². The third kappa shape index (κ3) is 2.09. The van der Waals surface area contributed by atoms with E-state index in [0.29, 0.717) is 6.07 Å². The fraction of sp³-hybridized carbons (Fsp3) is 0.143. The van der Waals surface area contributed by atoms with Crippen molar-refractivity contribution in [2.75, 3.05) is 0 Å². The van der Waals surface area contributed by atoms with Gasteiger partial charge in [0.1, 0.15) is 10.3 Å². The smallest absolute Gasteiger partial charge is 0.298 e. The van der Waals surface area contributed by atoms with Crippen LogP contribution >= 0.6 is 15.9 Å². The predicted octanol–water partition coefficient (Wildman–Crippen LogP) is 2.81. The summed E-state index contributed by atoms with van der Waals surface area (Å²) < 4.78 is 48.5. The average molecular weight is 272 g/mol. The molecule has 0 aliphatic carbocycles. The molecule has 0 fully saturated rings. The molecular weight excluding hydrogens is 270 g/mol. The van der Waals surface area contributed by atoms with Crippen LogP contribution in [0.5, 0.6) is 0 Å². The minimum Gasteiger partial charge on any atom is -0.298 e. The van der Waals surface area contributed by atoms with Crippen LogP contribution in [0, 0.1) is 5.82 Å². The monoisotopic (exact) mass is 271 g/mol. The Morgan fingerprint density at radius 1 is 1.43 bits per heavy atom. The van der Waals surface area contributed by atoms with Crippen molar-refractivity contribution in [3.8, 4) is 0 Å². The van der Waals surface area contributed by atoms with E-state index in [0.717, 1.165) is 0 Å². The molecule has 0 aliphatic rings. The maximum Gasteiger partial charge on any atom is 0.433 e. The second kappa shape index (κ2) is 3.64. The first-order chi connectivity index (χ1) is 6.36. The first-order valence-electron chi connectivity index (χ1n) is 3.24. The number of hydrogen-bond acceptors (Lipinski definition) is 2. The Labute approximate surface area is 84.1 Å². The molecule has 0 aliphatic heterocycles. The van der Waals surface area contributed by atoms with Crippen molar-refractivity contribution in [2.24, 2.45) is 0 Å². The van der Waals surface area contributed by atoms with Gasteiger partial charge in [-0.2, -0.15) is 13.2 Å². The van der Waals surface area contributed by atoms with Crippen LogP contribution in [0.15, 0.2) is 10.7 Å². The van der Waals surface area contributed by atoms with Crippen molar-refractivity contribution < 1.29 is 22.4 Å². The van der Waals surface area contributed by atoms with Gasteiger partial charge in [-0.05, 0) is 22.0 Å². The number of rotatable bonds is 1. The predicted molar refractivity (Wildman–Crippen MR) is 42.3 cm³/mol. The molecule has 0 radical (unpaired) electrons. The van der Waals surface area contributed by atoms with Gasteiger partial charge in [-0.15, -0.1) is 0 Å². The number of aromatic nitrogens is 1. The summed E-state index contributed by atoms with van der Waals surface area (Å²) in [6, 6.07) is 0.354. The van der Waals surface area contributed by atoms with Crippen molar-refractivity contribution in [1.82, 2.24) is 4.98 Å². The number of nitrogens with zero attached hydrogens (tertiary/aromatic N) is 1. The normalized spacial score (nSPS) is 11.5. The quantitative estimate of drug-likeness (QED) is 0.447. The number of halogens is 5. The largest absolute Gasteiger partial charge is 0.433 e. The number of carbonyl (C=O) groups is 1. The van der Waals surface area contributed by atoms with Gasteiger partial charge < -0.3 is 0 Å². The second-order valence-corrected chi connectivity index (χ2v) is 3.07. The number of alkyl halides is 3. The van der Waals surface area contributed by atoms with Crippen LogP contribution < -0.4 is 0 Å². The maximum absolute atomic E-state index is 12.9. The molecule has 1 rings (SSSR count). The van der Waals surface area contributed by atoms with Crippen LogP contribution in [0.2, 0.25) is 0 Å². The van der Waals surface area contributed by atoms with E-state index in [9.17, 15) is 22.4 Å². The van der Waals surface area contributed by atoms with Gasteiger partial charge >= 0.3 is 6.18 Å². The fourth-order valence-electron chi connectivity index (χ4n) is 0.748. The zero-order chi connectivity index (χ0) is 10.9. The standard InChI is InChI=1S/C7H2BrF4NO/c8-6-5(9)3(2-14)1-4(13-6)7(10,11)12/h1-2H. The van der Waals surface area contributed by atoms with Crippen LogP contribution in [0.25, 0.3) is 0 Å². The zero-order valence-electron chi connectivity index (χ0n) is 6.40. The third-order valence-electron chi connectivity index (χ3n) is 1.36. The topological polar surface area (TPSA) is 30.0 Å². The van der Waals surface area contributed by atoms with Gasteiger partial charge in [0.15, 0.2) is 12.1 Å². The maximum atomic E-state index is 12.9. The summed E-state index contributed by atoms with van der Waals surface area (Å²) in [5.41, 5.74) is -1.99. The van der Waals surface area contributed by atoms with Gasteiger partial charge in [0.2, 0.25) is 0 Å². The van der Waals surface area contributed by atoms with Crippen LogP contribution in [0.4, 0.5) is 17.6 Å². The third-order valence-corrected chi connectivity index (χ3v) is 1.89. The summed E-state index contributed by atoms with van der Waals surface area (Å²) in [6.07, 6.45) is -4.70. The Morgan fingerprint density at radius 3 is 2.43 bits per heavy atom. The molecule has 0 saturated heterocycles. The number of aldehydes is 1. The van der Waals surface area contributed by atoms with Gasteiger partial charge in [0.25, 0.3) is 0 Å². The van der Waals surface area contributed by atoms with E-state index in [1.165, 1.54) is 0 Å². The zero-order valence-corrected chi connectivity index (χ0v) is 7.99. The van der Waals surface area contributed by atoms with Crippen LogP contribution in [0.3, 0.4) is 0 Å². The summed E-state index contributed by atoms with van der Waals surface area (Å²) in [6.45, 7) is 0. The molecule has 2 nitrogen and oxygen atoms in total. The van der Waals surface area contributed by atoms with Crippen molar-refractivity contribution in [3.63, 3.8) is 0 Å². The van der Waals surface area contributed by atoms with E-state index in [1.807, 2.05) is 0 Å². The van der Waals surface area contributed by atoms with E-state index in [-0.39, 0.29) is 6.29 Å². The Bertz CT molecular complexity index is 377. The molecule has 14 heavy (non-hydrogen) atoms. The molecule has 0 spiro atoms. The molecule has 0 unspecified atom stereocenters. The summed E-state index contributed by atoms with van der Waals surface area (Å²) in [5.74, 6) is -1.10. The van der Waals surface area contributed by atoms with Gasteiger partial charge in [-0.1, -0.05) is 0 Å². The molecule has 7 heteroatoms. The molecule has 0 saturated carbocycles. The first kappa shape index (κ1) is 11.1. The molecular formula is C7H2BrF4NO. The molecule has 0 N–H and O–H groups in total. The molecule has 76 valence electrons. The Balaban J connectivity index is 3.37. The molecule has 0 atom stereocenters. The molecule has 1 aromatic heterocycles. The molecule has 0 bridgehead atoms.